The Balaban J connectivity index is 0.00000240. The van der Waals surface area contributed by atoms with Gasteiger partial charge in [-0.05, 0) is 47.9 Å². The number of benzene rings is 2. The van der Waals surface area contributed by atoms with Crippen LogP contribution in [0.15, 0.2) is 42.5 Å². The molecule has 1 aliphatic carbocycles. The average molecular weight is 416 g/mol. The minimum absolute atomic E-state index is 0. The summed E-state index contributed by atoms with van der Waals surface area (Å²) >= 11 is 0. The molecule has 2 amide bonds. The lowest BCUT2D eigenvalue weighted by molar-refractivity contribution is -0.137. The molecule has 5 nitrogen and oxygen atoms in total. The van der Waals surface area contributed by atoms with E-state index in [9.17, 15) is 9.59 Å². The molecule has 29 heavy (non-hydrogen) atoms. The van der Waals surface area contributed by atoms with Crippen molar-refractivity contribution in [3.8, 4) is 0 Å². The van der Waals surface area contributed by atoms with Gasteiger partial charge in [0.1, 0.15) is 0 Å². The highest BCUT2D eigenvalue weighted by molar-refractivity contribution is 5.90. The van der Waals surface area contributed by atoms with Crippen LogP contribution < -0.4 is 11.1 Å². The zero-order valence-corrected chi connectivity index (χ0v) is 17.5. The quantitative estimate of drug-likeness (QED) is 0.760. The molecule has 6 heteroatoms. The van der Waals surface area contributed by atoms with Crippen molar-refractivity contribution in [1.29, 1.82) is 0 Å². The van der Waals surface area contributed by atoms with E-state index in [0.29, 0.717) is 25.4 Å². The van der Waals surface area contributed by atoms with Gasteiger partial charge in [0.05, 0.1) is 0 Å². The van der Waals surface area contributed by atoms with Crippen LogP contribution in [0.5, 0.6) is 0 Å². The van der Waals surface area contributed by atoms with E-state index in [1.54, 1.807) is 0 Å². The number of halogens is 1. The van der Waals surface area contributed by atoms with Gasteiger partial charge in [-0.25, -0.2) is 0 Å². The number of likely N-dealkylation sites (tertiary alicyclic amines) is 1. The number of carbonyl (C=O) groups excluding carboxylic acids is 2. The van der Waals surface area contributed by atoms with Crippen LogP contribution in [0.1, 0.15) is 43.6 Å². The zero-order valence-electron chi connectivity index (χ0n) is 16.7. The molecule has 4 rings (SSSR count). The van der Waals surface area contributed by atoms with E-state index in [4.69, 9.17) is 5.73 Å². The molecular formula is C23H30ClN3O2. The van der Waals surface area contributed by atoms with Gasteiger partial charge in [-0.2, -0.15) is 0 Å². The minimum Gasteiger partial charge on any atom is -0.354 e. The Morgan fingerprint density at radius 3 is 2.72 bits per heavy atom. The molecule has 2 fully saturated rings. The average Bonchev–Trinajstić information content (AvgIpc) is 3.52. The monoisotopic (exact) mass is 415 g/mol. The predicted octanol–water partition coefficient (Wildman–Crippen LogP) is 3.21. The van der Waals surface area contributed by atoms with Crippen LogP contribution in [0.3, 0.4) is 0 Å². The Hall–Kier alpha value is -2.11. The molecule has 1 aliphatic heterocycles. The second-order valence-electron chi connectivity index (χ2n) is 8.04. The number of nitrogens with two attached hydrogens (primary N) is 1. The molecule has 2 aromatic carbocycles. The van der Waals surface area contributed by atoms with Crippen LogP contribution in [0.4, 0.5) is 0 Å². The lowest BCUT2D eigenvalue weighted by Gasteiger charge is -2.36. The van der Waals surface area contributed by atoms with Gasteiger partial charge in [-0.1, -0.05) is 42.5 Å². The van der Waals surface area contributed by atoms with Gasteiger partial charge in [0.15, 0.2) is 0 Å². The summed E-state index contributed by atoms with van der Waals surface area (Å²) in [5.74, 6) is 0.621. The van der Waals surface area contributed by atoms with Crippen LogP contribution >= 0.6 is 12.4 Å². The second-order valence-corrected chi connectivity index (χ2v) is 8.04. The van der Waals surface area contributed by atoms with Crippen molar-refractivity contribution in [3.05, 3.63) is 48.0 Å². The third-order valence-corrected chi connectivity index (χ3v) is 6.15. The van der Waals surface area contributed by atoms with Gasteiger partial charge in [-0.15, -0.1) is 12.4 Å². The largest absolute Gasteiger partial charge is 0.354 e. The molecular weight excluding hydrogens is 386 g/mol. The van der Waals surface area contributed by atoms with E-state index in [-0.39, 0.29) is 36.2 Å². The van der Waals surface area contributed by atoms with Crippen LogP contribution in [-0.2, 0) is 9.59 Å². The molecule has 3 unspecified atom stereocenters. The van der Waals surface area contributed by atoms with Crippen LogP contribution in [0, 0.1) is 5.92 Å². The first-order valence-electron chi connectivity index (χ1n) is 10.4. The van der Waals surface area contributed by atoms with Crippen LogP contribution in [-0.4, -0.2) is 42.4 Å². The minimum atomic E-state index is -0.0273. The van der Waals surface area contributed by atoms with Crippen LogP contribution in [0.25, 0.3) is 10.8 Å². The van der Waals surface area contributed by atoms with Crippen molar-refractivity contribution >= 4 is 35.0 Å². The normalized spacial score (nSPS) is 23.3. The van der Waals surface area contributed by atoms with E-state index in [1.807, 2.05) is 4.90 Å². The molecule has 0 spiro atoms. The number of fused-ring (bicyclic) bond motifs is 1. The smallest absolute Gasteiger partial charge is 0.226 e. The van der Waals surface area contributed by atoms with Gasteiger partial charge in [0, 0.05) is 38.0 Å². The number of carbonyl (C=O) groups is 2. The van der Waals surface area contributed by atoms with Gasteiger partial charge < -0.3 is 16.0 Å². The topological polar surface area (TPSA) is 75.4 Å². The molecule has 3 N–H and O–H groups in total. The Morgan fingerprint density at radius 2 is 1.90 bits per heavy atom. The standard InChI is InChI=1S/C23H29N3O2.ClH/c24-12-11-22(27)25-15-17-8-3-4-13-26(17)23(28)21-14-20(21)19-10-5-7-16-6-1-2-9-18(16)19;/h1-2,5-7,9-10,17,20-21H,3-4,8,11-15,24H2,(H,25,27);1H. The van der Waals surface area contributed by atoms with E-state index in [2.05, 4.69) is 47.8 Å². The summed E-state index contributed by atoms with van der Waals surface area (Å²) in [6, 6.07) is 14.9. The lowest BCUT2D eigenvalue weighted by atomic mass is 9.98. The van der Waals surface area contributed by atoms with E-state index >= 15 is 0 Å². The van der Waals surface area contributed by atoms with Crippen molar-refractivity contribution in [1.82, 2.24) is 10.2 Å². The summed E-state index contributed by atoms with van der Waals surface area (Å²) in [5.41, 5.74) is 6.74. The zero-order chi connectivity index (χ0) is 19.5. The predicted molar refractivity (Wildman–Crippen MR) is 118 cm³/mol. The maximum absolute atomic E-state index is 13.3. The molecule has 2 aromatic rings. The molecule has 0 aromatic heterocycles. The highest BCUT2D eigenvalue weighted by atomic mass is 35.5. The van der Waals surface area contributed by atoms with Gasteiger partial charge >= 0.3 is 0 Å². The number of rotatable bonds is 6. The number of hydrogen-bond acceptors (Lipinski definition) is 3. The third-order valence-electron chi connectivity index (χ3n) is 6.15. The highest BCUT2D eigenvalue weighted by Gasteiger charge is 2.47. The first-order chi connectivity index (χ1) is 13.7. The molecule has 2 aliphatic rings. The van der Waals surface area contributed by atoms with Gasteiger partial charge in [0.25, 0.3) is 0 Å². The van der Waals surface area contributed by atoms with Crippen molar-refractivity contribution < 1.29 is 9.59 Å². The van der Waals surface area contributed by atoms with E-state index < -0.39 is 0 Å². The van der Waals surface area contributed by atoms with Crippen molar-refractivity contribution in [2.45, 2.75) is 44.1 Å². The summed E-state index contributed by atoms with van der Waals surface area (Å²) in [7, 11) is 0. The van der Waals surface area contributed by atoms with Crippen molar-refractivity contribution in [2.75, 3.05) is 19.6 Å². The summed E-state index contributed by atoms with van der Waals surface area (Å²) in [6.45, 7) is 1.69. The SMILES string of the molecule is Cl.NCCC(=O)NCC1CCCCN1C(=O)C1CC1c1cccc2ccccc12. The van der Waals surface area contributed by atoms with E-state index in [0.717, 1.165) is 32.2 Å². The third kappa shape index (κ3) is 4.73. The summed E-state index contributed by atoms with van der Waals surface area (Å²) < 4.78 is 0. The number of amides is 2. The molecule has 3 atom stereocenters. The summed E-state index contributed by atoms with van der Waals surface area (Å²) in [4.78, 5) is 27.1. The van der Waals surface area contributed by atoms with Crippen LogP contribution in [0.2, 0.25) is 0 Å². The number of nitrogens with one attached hydrogen (secondary N) is 1. The number of piperidine rings is 1. The number of hydrogen-bond donors (Lipinski definition) is 2. The molecule has 0 radical (unpaired) electrons. The maximum Gasteiger partial charge on any atom is 0.226 e. The molecule has 1 heterocycles. The fourth-order valence-electron chi connectivity index (χ4n) is 4.55. The molecule has 0 bridgehead atoms. The van der Waals surface area contributed by atoms with Gasteiger partial charge in [0.2, 0.25) is 11.8 Å². The summed E-state index contributed by atoms with van der Waals surface area (Å²) in [6.07, 6.45) is 4.38. The maximum atomic E-state index is 13.3. The molecule has 1 saturated heterocycles. The molecule has 156 valence electrons. The fourth-order valence-corrected chi connectivity index (χ4v) is 4.55. The Kier molecular flexibility index (Phi) is 7.14. The Labute approximate surface area is 178 Å². The van der Waals surface area contributed by atoms with Crippen molar-refractivity contribution in [3.63, 3.8) is 0 Å². The first-order valence-corrected chi connectivity index (χ1v) is 10.4. The number of nitrogens with zero attached hydrogens (tertiary/aromatic N) is 1. The fraction of sp³-hybridized carbons (Fsp3) is 0.478. The van der Waals surface area contributed by atoms with E-state index in [1.165, 1.54) is 16.3 Å². The summed E-state index contributed by atoms with van der Waals surface area (Å²) in [5, 5.41) is 5.44. The van der Waals surface area contributed by atoms with Gasteiger partial charge in [-0.3, -0.25) is 9.59 Å². The molecule has 1 saturated carbocycles. The lowest BCUT2D eigenvalue weighted by Crippen LogP contribution is -2.50. The second kappa shape index (κ2) is 9.59. The Bertz CT molecular complexity index is 867. The van der Waals surface area contributed by atoms with Crippen molar-refractivity contribution in [2.24, 2.45) is 11.7 Å². The first kappa shape index (κ1) is 21.6. The Morgan fingerprint density at radius 1 is 1.10 bits per heavy atom. The highest BCUT2D eigenvalue weighted by Crippen LogP contribution is 2.50.